The molecule has 0 aromatic heterocycles. The molecule has 0 aromatic carbocycles. The van der Waals surface area contributed by atoms with Crippen molar-refractivity contribution in [3.05, 3.63) is 12.8 Å². The first kappa shape index (κ1) is 7.03. The minimum atomic E-state index is 0.572. The Bertz CT molecular complexity index is 102. The molecule has 0 N–H and O–H groups in total. The zero-order valence-electron chi connectivity index (χ0n) is 5.09. The normalized spacial score (nSPS) is 7.50. The smallest absolute Gasteiger partial charge is 0.0640 e. The highest BCUT2D eigenvalue weighted by atomic mass is 15.1. The van der Waals surface area contributed by atoms with Gasteiger partial charge in [-0.25, -0.2) is 0 Å². The minimum Gasteiger partial charge on any atom is -0.380 e. The Balaban J connectivity index is 3.13. The van der Waals surface area contributed by atoms with Crippen molar-refractivity contribution in [1.82, 2.24) is 4.90 Å². The van der Waals surface area contributed by atoms with E-state index in [9.17, 15) is 0 Å². The molecule has 0 aromatic rings. The first-order valence-corrected chi connectivity index (χ1v) is 2.51. The van der Waals surface area contributed by atoms with Crippen molar-refractivity contribution in [2.24, 2.45) is 0 Å². The van der Waals surface area contributed by atoms with Gasteiger partial charge in [0.15, 0.2) is 0 Å². The zero-order valence-corrected chi connectivity index (χ0v) is 5.09. The standard InChI is InChI=1S/C6H10N2/c1-3-8(2)6-4-5-7/h3H,1,4,6H2,2H3. The van der Waals surface area contributed by atoms with Crippen LogP contribution in [-0.2, 0) is 0 Å². The molecule has 0 saturated heterocycles. The fraction of sp³-hybridized carbons (Fsp3) is 0.500. The maximum Gasteiger partial charge on any atom is 0.0640 e. The van der Waals surface area contributed by atoms with Crippen LogP contribution in [0.3, 0.4) is 0 Å². The summed E-state index contributed by atoms with van der Waals surface area (Å²) >= 11 is 0. The van der Waals surface area contributed by atoms with Crippen LogP contribution >= 0.6 is 0 Å². The van der Waals surface area contributed by atoms with Gasteiger partial charge in [-0.1, -0.05) is 6.58 Å². The summed E-state index contributed by atoms with van der Waals surface area (Å²) in [4.78, 5) is 1.88. The zero-order chi connectivity index (χ0) is 6.41. The lowest BCUT2D eigenvalue weighted by atomic mass is 10.4. The van der Waals surface area contributed by atoms with Gasteiger partial charge < -0.3 is 4.90 Å². The summed E-state index contributed by atoms with van der Waals surface area (Å²) < 4.78 is 0. The molecule has 44 valence electrons. The van der Waals surface area contributed by atoms with Gasteiger partial charge in [0.25, 0.3) is 0 Å². The number of rotatable bonds is 3. The van der Waals surface area contributed by atoms with Gasteiger partial charge in [0.2, 0.25) is 0 Å². The number of nitrogens with zero attached hydrogens (tertiary/aromatic N) is 2. The highest BCUT2D eigenvalue weighted by Gasteiger charge is 1.84. The van der Waals surface area contributed by atoms with E-state index < -0.39 is 0 Å². The number of nitriles is 1. The van der Waals surface area contributed by atoms with E-state index in [4.69, 9.17) is 5.26 Å². The van der Waals surface area contributed by atoms with Crippen LogP contribution in [-0.4, -0.2) is 18.5 Å². The summed E-state index contributed by atoms with van der Waals surface area (Å²) in [6.07, 6.45) is 2.28. The van der Waals surface area contributed by atoms with E-state index in [1.807, 2.05) is 18.0 Å². The topological polar surface area (TPSA) is 27.0 Å². The van der Waals surface area contributed by atoms with Gasteiger partial charge in [0.1, 0.15) is 0 Å². The summed E-state index contributed by atoms with van der Waals surface area (Å²) in [6, 6.07) is 2.04. The third kappa shape index (κ3) is 3.23. The molecule has 0 saturated carbocycles. The quantitative estimate of drug-likeness (QED) is 0.541. The summed E-state index contributed by atoms with van der Waals surface area (Å²) in [6.45, 7) is 4.31. The molecule has 0 rings (SSSR count). The Morgan fingerprint density at radius 1 is 1.88 bits per heavy atom. The largest absolute Gasteiger partial charge is 0.380 e. The van der Waals surface area contributed by atoms with E-state index in [-0.39, 0.29) is 0 Å². The Labute approximate surface area is 50.0 Å². The van der Waals surface area contributed by atoms with E-state index in [2.05, 4.69) is 6.58 Å². The van der Waals surface area contributed by atoms with E-state index in [1.165, 1.54) is 0 Å². The highest BCUT2D eigenvalue weighted by molar-refractivity contribution is 4.74. The SMILES string of the molecule is C=CN(C)CCC#N. The van der Waals surface area contributed by atoms with Crippen molar-refractivity contribution < 1.29 is 0 Å². The van der Waals surface area contributed by atoms with E-state index in [0.717, 1.165) is 6.54 Å². The van der Waals surface area contributed by atoms with Gasteiger partial charge in [-0.15, -0.1) is 0 Å². The molecule has 0 aliphatic carbocycles. The average molecular weight is 110 g/mol. The minimum absolute atomic E-state index is 0.572. The van der Waals surface area contributed by atoms with Gasteiger partial charge in [0.05, 0.1) is 12.5 Å². The van der Waals surface area contributed by atoms with Crippen LogP contribution < -0.4 is 0 Å². The molecule has 0 aliphatic heterocycles. The molecule has 8 heavy (non-hydrogen) atoms. The van der Waals surface area contributed by atoms with Crippen molar-refractivity contribution in [2.75, 3.05) is 13.6 Å². The summed E-state index contributed by atoms with van der Waals surface area (Å²) in [5.41, 5.74) is 0. The van der Waals surface area contributed by atoms with Gasteiger partial charge in [-0.05, 0) is 6.20 Å². The fourth-order valence-electron chi connectivity index (χ4n) is 0.318. The molecule has 0 aliphatic rings. The molecular formula is C6H10N2. The van der Waals surface area contributed by atoms with Crippen LogP contribution in [0.2, 0.25) is 0 Å². The molecule has 0 heterocycles. The summed E-state index contributed by atoms with van der Waals surface area (Å²) in [7, 11) is 1.89. The van der Waals surface area contributed by atoms with E-state index >= 15 is 0 Å². The molecular weight excluding hydrogens is 100 g/mol. The van der Waals surface area contributed by atoms with Crippen LogP contribution in [0.4, 0.5) is 0 Å². The molecule has 0 amide bonds. The molecule has 2 nitrogen and oxygen atoms in total. The highest BCUT2D eigenvalue weighted by Crippen LogP contribution is 1.83. The maximum absolute atomic E-state index is 8.10. The second-order valence-electron chi connectivity index (χ2n) is 1.57. The van der Waals surface area contributed by atoms with E-state index in [1.54, 1.807) is 6.20 Å². The summed E-state index contributed by atoms with van der Waals surface area (Å²) in [5.74, 6) is 0. The lowest BCUT2D eigenvalue weighted by molar-refractivity contribution is 0.468. The second-order valence-corrected chi connectivity index (χ2v) is 1.57. The Hall–Kier alpha value is -0.970. The van der Waals surface area contributed by atoms with Crippen LogP contribution in [0, 0.1) is 11.3 Å². The molecule has 0 fully saturated rings. The lowest BCUT2D eigenvalue weighted by Crippen LogP contribution is -2.10. The Morgan fingerprint density at radius 2 is 2.50 bits per heavy atom. The predicted octanol–water partition coefficient (Wildman–Crippen LogP) is 0.975. The molecule has 0 atom stereocenters. The molecule has 0 spiro atoms. The van der Waals surface area contributed by atoms with Crippen LogP contribution in [0.5, 0.6) is 0 Å². The second kappa shape index (κ2) is 4.20. The number of hydrogen-bond acceptors (Lipinski definition) is 2. The van der Waals surface area contributed by atoms with Crippen molar-refractivity contribution in [1.29, 1.82) is 5.26 Å². The molecule has 0 radical (unpaired) electrons. The van der Waals surface area contributed by atoms with Crippen LogP contribution in [0.25, 0.3) is 0 Å². The van der Waals surface area contributed by atoms with Gasteiger partial charge in [0, 0.05) is 13.6 Å². The monoisotopic (exact) mass is 110 g/mol. The van der Waals surface area contributed by atoms with Crippen LogP contribution in [0.15, 0.2) is 12.8 Å². The number of hydrogen-bond donors (Lipinski definition) is 0. The first-order valence-electron chi connectivity index (χ1n) is 2.51. The average Bonchev–Trinajstić information content (AvgIpc) is 1.83. The fourth-order valence-corrected chi connectivity index (χ4v) is 0.318. The lowest BCUT2D eigenvalue weighted by Gasteiger charge is -2.08. The molecule has 2 heteroatoms. The van der Waals surface area contributed by atoms with Crippen molar-refractivity contribution >= 4 is 0 Å². The third-order valence-electron chi connectivity index (χ3n) is 0.888. The molecule has 0 bridgehead atoms. The van der Waals surface area contributed by atoms with Crippen LogP contribution in [0.1, 0.15) is 6.42 Å². The summed E-state index contributed by atoms with van der Waals surface area (Å²) in [5, 5.41) is 8.10. The third-order valence-corrected chi connectivity index (χ3v) is 0.888. The van der Waals surface area contributed by atoms with Gasteiger partial charge >= 0.3 is 0 Å². The molecule has 0 unspecified atom stereocenters. The van der Waals surface area contributed by atoms with Crippen molar-refractivity contribution in [3.8, 4) is 6.07 Å². The van der Waals surface area contributed by atoms with Gasteiger partial charge in [-0.3, -0.25) is 0 Å². The Kier molecular flexibility index (Phi) is 3.69. The van der Waals surface area contributed by atoms with E-state index in [0.29, 0.717) is 6.42 Å². The predicted molar refractivity (Wildman–Crippen MR) is 33.1 cm³/mol. The first-order chi connectivity index (χ1) is 3.81. The van der Waals surface area contributed by atoms with Gasteiger partial charge in [-0.2, -0.15) is 5.26 Å². The van der Waals surface area contributed by atoms with Crippen molar-refractivity contribution in [2.45, 2.75) is 6.42 Å². The van der Waals surface area contributed by atoms with Crippen molar-refractivity contribution in [3.63, 3.8) is 0 Å². The maximum atomic E-state index is 8.10. The Morgan fingerprint density at radius 3 is 2.88 bits per heavy atom.